The van der Waals surface area contributed by atoms with Crippen molar-refractivity contribution in [1.29, 1.82) is 0 Å². The molecule has 0 radical (unpaired) electrons. The molecule has 0 amide bonds. The maximum absolute atomic E-state index is 11.4. The maximum atomic E-state index is 11.4. The Bertz CT molecular complexity index is 479. The van der Waals surface area contributed by atoms with Gasteiger partial charge in [-0.1, -0.05) is 91.7 Å². The summed E-state index contributed by atoms with van der Waals surface area (Å²) in [4.78, 5) is 13.9. The van der Waals surface area contributed by atoms with E-state index in [1.807, 2.05) is 0 Å². The summed E-state index contributed by atoms with van der Waals surface area (Å²) < 4.78 is 11.1. The summed E-state index contributed by atoms with van der Waals surface area (Å²) in [5.41, 5.74) is 1.38. The van der Waals surface area contributed by atoms with E-state index < -0.39 is 0 Å². The number of ether oxygens (including phenoxy) is 2. The highest BCUT2D eigenvalue weighted by molar-refractivity contribution is 5.79. The van der Waals surface area contributed by atoms with Crippen molar-refractivity contribution in [1.82, 2.24) is 4.90 Å². The molecule has 1 rings (SSSR count). The van der Waals surface area contributed by atoms with Crippen molar-refractivity contribution in [3.05, 3.63) is 11.6 Å². The van der Waals surface area contributed by atoms with Gasteiger partial charge in [-0.3, -0.25) is 9.69 Å². The molecule has 2 atom stereocenters. The summed E-state index contributed by atoms with van der Waals surface area (Å²) in [6, 6.07) is 0. The molecule has 2 N–H and O–H groups in total. The summed E-state index contributed by atoms with van der Waals surface area (Å²) >= 11 is 0. The Hall–Kier alpha value is -0.790. The average Bonchev–Trinajstić information content (AvgIpc) is 2.96. The van der Waals surface area contributed by atoms with Gasteiger partial charge in [0.2, 0.25) is 0 Å². The lowest BCUT2D eigenvalue weighted by molar-refractivity contribution is -0.118. The van der Waals surface area contributed by atoms with Gasteiger partial charge in [-0.15, -0.1) is 0 Å². The number of aliphatic hydroxyl groups excluding tert-OH is 2. The zero-order valence-corrected chi connectivity index (χ0v) is 28.0. The summed E-state index contributed by atoms with van der Waals surface area (Å²) in [6.07, 6.45) is 16.1. The number of carbonyl (C=O) groups is 1. The molecule has 1 aliphatic rings. The Morgan fingerprint density at radius 3 is 1.95 bits per heavy atom. The van der Waals surface area contributed by atoms with E-state index in [2.05, 4.69) is 66.4 Å². The van der Waals surface area contributed by atoms with Crippen LogP contribution in [0.5, 0.6) is 0 Å². The third-order valence-electron chi connectivity index (χ3n) is 6.30. The van der Waals surface area contributed by atoms with Crippen LogP contribution >= 0.6 is 0 Å². The number of hydrogen-bond acceptors (Lipinski definition) is 6. The van der Waals surface area contributed by atoms with E-state index in [0.717, 1.165) is 79.4 Å². The minimum Gasteiger partial charge on any atom is -0.400 e. The summed E-state index contributed by atoms with van der Waals surface area (Å²) in [5.74, 6) is 1.02. The van der Waals surface area contributed by atoms with E-state index in [1.54, 1.807) is 0 Å². The van der Waals surface area contributed by atoms with Gasteiger partial charge >= 0.3 is 0 Å². The predicted molar refractivity (Wildman–Crippen MR) is 171 cm³/mol. The van der Waals surface area contributed by atoms with Gasteiger partial charge in [0.15, 0.2) is 0 Å². The molecule has 0 aromatic carbocycles. The van der Waals surface area contributed by atoms with E-state index in [0.29, 0.717) is 24.2 Å². The zero-order valence-electron chi connectivity index (χ0n) is 28.0. The number of hydrogen-bond donors (Lipinski definition) is 2. The van der Waals surface area contributed by atoms with Crippen LogP contribution in [0.3, 0.4) is 0 Å². The number of allylic oxidation sites excluding steroid dienone is 2. The molecule has 0 aromatic rings. The highest BCUT2D eigenvalue weighted by Gasteiger charge is 2.09. The lowest BCUT2D eigenvalue weighted by Gasteiger charge is -2.26. The molecule has 1 aliphatic heterocycles. The minimum absolute atomic E-state index is 0.389. The van der Waals surface area contributed by atoms with Gasteiger partial charge in [-0.25, -0.2) is 0 Å². The molecule has 0 aliphatic carbocycles. The summed E-state index contributed by atoms with van der Waals surface area (Å²) in [5, 5.41) is 14.0. The molecule has 1 saturated heterocycles. The van der Waals surface area contributed by atoms with Crippen LogP contribution in [-0.4, -0.2) is 80.7 Å². The van der Waals surface area contributed by atoms with Crippen LogP contribution in [0.4, 0.5) is 0 Å². The Morgan fingerprint density at radius 2 is 1.44 bits per heavy atom. The molecule has 2 unspecified atom stereocenters. The first-order chi connectivity index (χ1) is 18.9. The van der Waals surface area contributed by atoms with Crippen LogP contribution in [0.1, 0.15) is 132 Å². The normalized spacial score (nSPS) is 14.6. The van der Waals surface area contributed by atoms with Crippen LogP contribution in [0.2, 0.25) is 0 Å². The second-order valence-corrected chi connectivity index (χ2v) is 10.2. The lowest BCUT2D eigenvalue weighted by Crippen LogP contribution is -2.37. The van der Waals surface area contributed by atoms with Crippen molar-refractivity contribution in [3.63, 3.8) is 0 Å². The van der Waals surface area contributed by atoms with Gasteiger partial charge in [0, 0.05) is 53.3 Å². The Morgan fingerprint density at radius 1 is 0.872 bits per heavy atom. The van der Waals surface area contributed by atoms with E-state index in [4.69, 9.17) is 19.7 Å². The Kier molecular flexibility index (Phi) is 45.6. The second kappa shape index (κ2) is 39.4. The molecule has 0 spiro atoms. The van der Waals surface area contributed by atoms with E-state index in [1.165, 1.54) is 50.5 Å². The van der Waals surface area contributed by atoms with Crippen molar-refractivity contribution in [3.8, 4) is 0 Å². The highest BCUT2D eigenvalue weighted by Crippen LogP contribution is 2.16. The van der Waals surface area contributed by atoms with E-state index in [9.17, 15) is 4.79 Å². The fourth-order valence-electron chi connectivity index (χ4n) is 3.78. The predicted octanol–water partition coefficient (Wildman–Crippen LogP) is 7.85. The number of Topliss-reactive ketones (excluding diaryl/α,β-unsaturated/α-hetero) is 1. The Labute approximate surface area is 244 Å². The minimum atomic E-state index is 0.389. The molecule has 0 aromatic heterocycles. The van der Waals surface area contributed by atoms with Crippen molar-refractivity contribution in [2.75, 3.05) is 53.7 Å². The van der Waals surface area contributed by atoms with Crippen molar-refractivity contribution in [2.24, 2.45) is 5.92 Å². The molecule has 1 heterocycles. The number of unbranched alkanes of at least 4 members (excludes halogenated alkanes) is 3. The number of aliphatic hydroxyl groups is 2. The van der Waals surface area contributed by atoms with Crippen molar-refractivity contribution in [2.45, 2.75) is 139 Å². The molecule has 238 valence electrons. The summed E-state index contributed by atoms with van der Waals surface area (Å²) in [7, 11) is 2.00. The molecular weight excluding hydrogens is 490 g/mol. The second-order valence-electron chi connectivity index (χ2n) is 10.2. The van der Waals surface area contributed by atoms with Gasteiger partial charge < -0.3 is 19.7 Å². The third kappa shape index (κ3) is 37.2. The molecule has 0 saturated carbocycles. The van der Waals surface area contributed by atoms with Crippen LogP contribution < -0.4 is 0 Å². The molecular formula is C33H71NO5. The number of morpholine rings is 1. The number of nitrogens with zero attached hydrogens (tertiary/aromatic N) is 1. The van der Waals surface area contributed by atoms with Gasteiger partial charge in [0.05, 0.1) is 19.3 Å². The average molecular weight is 562 g/mol. The molecule has 0 bridgehead atoms. The topological polar surface area (TPSA) is 79.2 Å². The highest BCUT2D eigenvalue weighted by atomic mass is 16.5. The molecule has 6 heteroatoms. The molecule has 1 fully saturated rings. The first-order valence-corrected chi connectivity index (χ1v) is 15.8. The largest absolute Gasteiger partial charge is 0.400 e. The van der Waals surface area contributed by atoms with Crippen molar-refractivity contribution < 1.29 is 24.5 Å². The van der Waals surface area contributed by atoms with Crippen LogP contribution in [0, 0.1) is 5.92 Å². The van der Waals surface area contributed by atoms with Gasteiger partial charge in [-0.05, 0) is 45.4 Å². The smallest absolute Gasteiger partial charge is 0.136 e. The maximum Gasteiger partial charge on any atom is 0.136 e. The first kappa shape index (κ1) is 45.2. The third-order valence-corrected chi connectivity index (χ3v) is 6.30. The van der Waals surface area contributed by atoms with E-state index >= 15 is 0 Å². The van der Waals surface area contributed by atoms with E-state index in [-0.39, 0.29) is 0 Å². The fraction of sp³-hybridized carbons (Fsp3) is 0.909. The number of ketones is 1. The number of carbonyl (C=O) groups excluding carboxylic acids is 1. The monoisotopic (exact) mass is 562 g/mol. The van der Waals surface area contributed by atoms with Gasteiger partial charge in [-0.2, -0.15) is 0 Å². The quantitative estimate of drug-likeness (QED) is 0.139. The standard InChI is InChI=1S/C14H29NO2.C14H26O.C3H8.2CH4O/c1-3-4-5-7-14(2)17-11-6-8-15-9-12-16-13-10-15;1-5-7-9-14(15)11-10-13(4)12(3)8-6-2;1-3-2;2*1-2/h14H,3-13H2,1-2H3;10,12H,5-9,11H2,1-4H3;3H2,1-2H3;2*2H,1H3/b;13-10+;;;. The first-order valence-electron chi connectivity index (χ1n) is 15.8. The van der Waals surface area contributed by atoms with Gasteiger partial charge in [0.25, 0.3) is 0 Å². The van der Waals surface area contributed by atoms with Crippen LogP contribution in [-0.2, 0) is 14.3 Å². The Balaban J connectivity index is -0.000000256. The summed E-state index contributed by atoms with van der Waals surface area (Å²) in [6.45, 7) is 23.4. The SMILES string of the molecule is CCC.CCCCC(=O)C/C=C(\C)C(C)CCC.CCCCCC(C)OCCCN1CCOCC1.CO.CO. The molecule has 6 nitrogen and oxygen atoms in total. The van der Waals surface area contributed by atoms with Crippen LogP contribution in [0.25, 0.3) is 0 Å². The van der Waals surface area contributed by atoms with Gasteiger partial charge in [0.1, 0.15) is 5.78 Å². The lowest BCUT2D eigenvalue weighted by atomic mass is 9.96. The zero-order chi connectivity index (χ0) is 30.7. The molecule has 39 heavy (non-hydrogen) atoms. The van der Waals surface area contributed by atoms with Crippen molar-refractivity contribution >= 4 is 5.78 Å². The van der Waals surface area contributed by atoms with Crippen LogP contribution in [0.15, 0.2) is 11.6 Å². The fourth-order valence-corrected chi connectivity index (χ4v) is 3.78. The number of rotatable bonds is 17.